The van der Waals surface area contributed by atoms with Crippen molar-refractivity contribution in [3.05, 3.63) is 45.3 Å². The SMILES string of the molecule is Cc1cc2oc(C3CCNCC3)cc(=O)c2cc1C. The second-order valence-electron chi connectivity index (χ2n) is 5.47. The van der Waals surface area contributed by atoms with E-state index in [4.69, 9.17) is 4.42 Å². The molecule has 100 valence electrons. The summed E-state index contributed by atoms with van der Waals surface area (Å²) in [7, 11) is 0. The molecule has 2 heterocycles. The zero-order valence-corrected chi connectivity index (χ0v) is 11.5. The van der Waals surface area contributed by atoms with Crippen LogP contribution in [-0.4, -0.2) is 13.1 Å². The summed E-state index contributed by atoms with van der Waals surface area (Å²) in [6.07, 6.45) is 2.08. The molecule has 1 N–H and O–H groups in total. The van der Waals surface area contributed by atoms with E-state index in [-0.39, 0.29) is 5.43 Å². The van der Waals surface area contributed by atoms with Crippen LogP contribution in [0, 0.1) is 13.8 Å². The van der Waals surface area contributed by atoms with Gasteiger partial charge in [0.15, 0.2) is 5.43 Å². The van der Waals surface area contributed by atoms with E-state index in [0.717, 1.165) is 48.4 Å². The Kier molecular flexibility index (Phi) is 3.15. The molecule has 0 unspecified atom stereocenters. The van der Waals surface area contributed by atoms with Gasteiger partial charge >= 0.3 is 0 Å². The zero-order valence-electron chi connectivity index (χ0n) is 11.5. The summed E-state index contributed by atoms with van der Waals surface area (Å²) in [5.74, 6) is 1.22. The Hall–Kier alpha value is -1.61. The van der Waals surface area contributed by atoms with Crippen molar-refractivity contribution in [1.82, 2.24) is 5.32 Å². The Labute approximate surface area is 112 Å². The molecule has 19 heavy (non-hydrogen) atoms. The first-order chi connectivity index (χ1) is 9.15. The molecule has 0 aliphatic carbocycles. The van der Waals surface area contributed by atoms with E-state index in [9.17, 15) is 4.79 Å². The zero-order chi connectivity index (χ0) is 13.4. The van der Waals surface area contributed by atoms with Crippen molar-refractivity contribution in [1.29, 1.82) is 0 Å². The van der Waals surface area contributed by atoms with Crippen molar-refractivity contribution < 1.29 is 4.42 Å². The Balaban J connectivity index is 2.13. The predicted molar refractivity (Wildman–Crippen MR) is 76.8 cm³/mol. The Bertz CT molecular complexity index is 666. The van der Waals surface area contributed by atoms with Crippen molar-refractivity contribution in [2.24, 2.45) is 0 Å². The lowest BCUT2D eigenvalue weighted by Crippen LogP contribution is -2.27. The largest absolute Gasteiger partial charge is 0.461 e. The molecule has 1 aromatic heterocycles. The second kappa shape index (κ2) is 4.82. The van der Waals surface area contributed by atoms with Gasteiger partial charge in [-0.1, -0.05) is 0 Å². The topological polar surface area (TPSA) is 42.2 Å². The number of fused-ring (bicyclic) bond motifs is 1. The van der Waals surface area contributed by atoms with E-state index in [1.54, 1.807) is 6.07 Å². The molecule has 3 nitrogen and oxygen atoms in total. The minimum atomic E-state index is 0.0814. The third kappa shape index (κ3) is 2.30. The van der Waals surface area contributed by atoms with Crippen LogP contribution in [0.5, 0.6) is 0 Å². The lowest BCUT2D eigenvalue weighted by atomic mass is 9.94. The van der Waals surface area contributed by atoms with Crippen molar-refractivity contribution in [3.63, 3.8) is 0 Å². The first-order valence-corrected chi connectivity index (χ1v) is 6.91. The molecule has 0 saturated carbocycles. The van der Waals surface area contributed by atoms with Gasteiger partial charge in [-0.2, -0.15) is 0 Å². The highest BCUT2D eigenvalue weighted by Gasteiger charge is 2.19. The summed E-state index contributed by atoms with van der Waals surface area (Å²) < 4.78 is 5.99. The van der Waals surface area contributed by atoms with Crippen molar-refractivity contribution in [3.8, 4) is 0 Å². The third-order valence-corrected chi connectivity index (χ3v) is 4.10. The van der Waals surface area contributed by atoms with Crippen molar-refractivity contribution in [2.75, 3.05) is 13.1 Å². The van der Waals surface area contributed by atoms with E-state index >= 15 is 0 Å². The highest BCUT2D eigenvalue weighted by molar-refractivity contribution is 5.78. The van der Waals surface area contributed by atoms with Gasteiger partial charge in [0.25, 0.3) is 0 Å². The van der Waals surface area contributed by atoms with Crippen LogP contribution in [-0.2, 0) is 0 Å². The summed E-state index contributed by atoms with van der Waals surface area (Å²) in [5.41, 5.74) is 3.11. The number of rotatable bonds is 1. The van der Waals surface area contributed by atoms with Crippen molar-refractivity contribution >= 4 is 11.0 Å². The average Bonchev–Trinajstić information content (AvgIpc) is 2.42. The number of piperidine rings is 1. The minimum Gasteiger partial charge on any atom is -0.461 e. The fourth-order valence-electron chi connectivity index (χ4n) is 2.74. The summed E-state index contributed by atoms with van der Waals surface area (Å²) in [4.78, 5) is 12.2. The van der Waals surface area contributed by atoms with Gasteiger partial charge in [-0.25, -0.2) is 0 Å². The van der Waals surface area contributed by atoms with Crippen LogP contribution >= 0.6 is 0 Å². The predicted octanol–water partition coefficient (Wildman–Crippen LogP) is 2.88. The normalized spacial score (nSPS) is 16.9. The number of aryl methyl sites for hydroxylation is 2. The molecule has 1 saturated heterocycles. The number of nitrogens with one attached hydrogen (secondary N) is 1. The molecule has 1 aromatic carbocycles. The van der Waals surface area contributed by atoms with Gasteiger partial charge in [0.1, 0.15) is 11.3 Å². The van der Waals surface area contributed by atoms with E-state index in [1.165, 1.54) is 0 Å². The summed E-state index contributed by atoms with van der Waals surface area (Å²) in [5, 5.41) is 4.03. The van der Waals surface area contributed by atoms with E-state index in [0.29, 0.717) is 11.3 Å². The van der Waals surface area contributed by atoms with Crippen LogP contribution in [0.3, 0.4) is 0 Å². The van der Waals surface area contributed by atoms with E-state index in [2.05, 4.69) is 5.32 Å². The van der Waals surface area contributed by atoms with Crippen LogP contribution in [0.2, 0.25) is 0 Å². The van der Waals surface area contributed by atoms with Gasteiger partial charge in [0.2, 0.25) is 0 Å². The average molecular weight is 257 g/mol. The summed E-state index contributed by atoms with van der Waals surface area (Å²) in [6.45, 7) is 6.07. The molecular formula is C16H19NO2. The summed E-state index contributed by atoms with van der Waals surface area (Å²) in [6, 6.07) is 5.60. The molecule has 0 radical (unpaired) electrons. The fraction of sp³-hybridized carbons (Fsp3) is 0.438. The molecule has 2 aromatic rings. The maximum atomic E-state index is 12.2. The second-order valence-corrected chi connectivity index (χ2v) is 5.47. The molecule has 0 bridgehead atoms. The van der Waals surface area contributed by atoms with Crippen LogP contribution in [0.15, 0.2) is 27.4 Å². The van der Waals surface area contributed by atoms with Gasteiger partial charge in [-0.3, -0.25) is 4.79 Å². The standard InChI is InChI=1S/C16H19NO2/c1-10-7-13-14(18)9-15(12-3-5-17-6-4-12)19-16(13)8-11(10)2/h7-9,12,17H,3-6H2,1-2H3. The minimum absolute atomic E-state index is 0.0814. The molecule has 3 rings (SSSR count). The Morgan fingerprint density at radius 1 is 1.11 bits per heavy atom. The molecule has 1 aliphatic rings. The highest BCUT2D eigenvalue weighted by Crippen LogP contribution is 2.27. The fourth-order valence-corrected chi connectivity index (χ4v) is 2.74. The lowest BCUT2D eigenvalue weighted by molar-refractivity contribution is 0.392. The van der Waals surface area contributed by atoms with Crippen LogP contribution in [0.1, 0.15) is 35.6 Å². The van der Waals surface area contributed by atoms with Gasteiger partial charge < -0.3 is 9.73 Å². The molecule has 0 spiro atoms. The van der Waals surface area contributed by atoms with Crippen molar-refractivity contribution in [2.45, 2.75) is 32.6 Å². The molecule has 3 heteroatoms. The molecular weight excluding hydrogens is 238 g/mol. The van der Waals surface area contributed by atoms with Gasteiger partial charge in [-0.15, -0.1) is 0 Å². The quantitative estimate of drug-likeness (QED) is 0.854. The van der Waals surface area contributed by atoms with E-state index in [1.807, 2.05) is 26.0 Å². The highest BCUT2D eigenvalue weighted by atomic mass is 16.3. The molecule has 1 aliphatic heterocycles. The summed E-state index contributed by atoms with van der Waals surface area (Å²) >= 11 is 0. The van der Waals surface area contributed by atoms with Crippen LogP contribution in [0.25, 0.3) is 11.0 Å². The van der Waals surface area contributed by atoms with Gasteiger partial charge in [0, 0.05) is 12.0 Å². The van der Waals surface area contributed by atoms with Gasteiger partial charge in [-0.05, 0) is 63.0 Å². The first-order valence-electron chi connectivity index (χ1n) is 6.91. The smallest absolute Gasteiger partial charge is 0.192 e. The van der Waals surface area contributed by atoms with Crippen LogP contribution < -0.4 is 10.7 Å². The van der Waals surface area contributed by atoms with Gasteiger partial charge in [0.05, 0.1) is 5.39 Å². The third-order valence-electron chi connectivity index (χ3n) is 4.10. The first kappa shape index (κ1) is 12.4. The monoisotopic (exact) mass is 257 g/mol. The Morgan fingerprint density at radius 2 is 1.79 bits per heavy atom. The molecule has 0 atom stereocenters. The van der Waals surface area contributed by atoms with Crippen LogP contribution in [0.4, 0.5) is 0 Å². The Morgan fingerprint density at radius 3 is 2.53 bits per heavy atom. The lowest BCUT2D eigenvalue weighted by Gasteiger charge is -2.21. The molecule has 0 amide bonds. The number of benzene rings is 1. The maximum Gasteiger partial charge on any atom is 0.192 e. The number of hydrogen-bond donors (Lipinski definition) is 1. The molecule has 1 fully saturated rings. The maximum absolute atomic E-state index is 12.2. The van der Waals surface area contributed by atoms with E-state index < -0.39 is 0 Å². The number of hydrogen-bond acceptors (Lipinski definition) is 3.